The molecule has 1 rings (SSSR count). The topological polar surface area (TPSA) is 20.3 Å². The molecule has 0 aromatic rings. The van der Waals surface area contributed by atoms with Crippen LogP contribution in [0.25, 0.3) is 0 Å². The lowest BCUT2D eigenvalue weighted by atomic mass is 10.1. The normalized spacial score (nSPS) is 20.6. The summed E-state index contributed by atoms with van der Waals surface area (Å²) in [5.41, 5.74) is 0. The van der Waals surface area contributed by atoms with Crippen molar-refractivity contribution in [3.63, 3.8) is 0 Å². The van der Waals surface area contributed by atoms with E-state index < -0.39 is 4.46 Å². The molecule has 0 unspecified atom stereocenters. The van der Waals surface area contributed by atoms with Gasteiger partial charge in [-0.1, -0.05) is 62.2 Å². The zero-order valence-corrected chi connectivity index (χ0v) is 12.0. The van der Waals surface area contributed by atoms with Crippen LogP contribution in [0.2, 0.25) is 0 Å². The smallest absolute Gasteiger partial charge is 0.208 e. The summed E-state index contributed by atoms with van der Waals surface area (Å²) in [6, 6.07) is 0. The van der Waals surface area contributed by atoms with Gasteiger partial charge in [0.05, 0.1) is 6.42 Å². The summed E-state index contributed by atoms with van der Waals surface area (Å²) >= 11 is 13.3. The fourth-order valence-electron chi connectivity index (χ4n) is 1.73. The summed E-state index contributed by atoms with van der Waals surface area (Å²) in [7, 11) is 0. The number of unbranched alkanes of at least 4 members (excludes halogenated alkanes) is 5. The number of hydrogen-bond donors (Lipinski definition) is 0. The Hall–Kier alpha value is 0.560. The van der Waals surface area contributed by atoms with Crippen LogP contribution in [0.15, 0.2) is 0 Å². The van der Waals surface area contributed by atoms with Crippen molar-refractivity contribution >= 4 is 40.3 Å². The minimum atomic E-state index is -0.981. The van der Waals surface area contributed by atoms with Crippen molar-refractivity contribution in [1.29, 1.82) is 0 Å². The fourth-order valence-corrected chi connectivity index (χ4v) is 3.44. The zero-order valence-electron chi connectivity index (χ0n) is 9.68. The molecule has 1 saturated heterocycles. The average Bonchev–Trinajstić information content (AvgIpc) is 2.45. The van der Waals surface area contributed by atoms with Crippen molar-refractivity contribution in [2.24, 2.45) is 0 Å². The van der Waals surface area contributed by atoms with Crippen molar-refractivity contribution in [1.82, 2.24) is 4.31 Å². The Labute approximate surface area is 112 Å². The lowest BCUT2D eigenvalue weighted by molar-refractivity contribution is -0.110. The van der Waals surface area contributed by atoms with E-state index in [0.29, 0.717) is 0 Å². The highest BCUT2D eigenvalue weighted by atomic mass is 35.5. The molecule has 16 heavy (non-hydrogen) atoms. The van der Waals surface area contributed by atoms with E-state index in [1.807, 2.05) is 0 Å². The summed E-state index contributed by atoms with van der Waals surface area (Å²) in [5.74, 6) is 0. The van der Waals surface area contributed by atoms with Gasteiger partial charge in [-0.05, 0) is 18.4 Å². The maximum Gasteiger partial charge on any atom is 0.208 e. The summed E-state index contributed by atoms with van der Waals surface area (Å²) in [6.45, 7) is 3.01. The van der Waals surface area contributed by atoms with Crippen LogP contribution in [0, 0.1) is 0 Å². The average molecular weight is 284 g/mol. The van der Waals surface area contributed by atoms with Crippen LogP contribution in [0.3, 0.4) is 0 Å². The van der Waals surface area contributed by atoms with E-state index in [1.165, 1.54) is 44.1 Å². The predicted octanol–water partition coefficient (Wildman–Crippen LogP) is 4.36. The minimum Gasteiger partial charge on any atom is -0.286 e. The number of carbonyl (C=O) groups is 1. The van der Waals surface area contributed by atoms with Gasteiger partial charge in [-0.15, -0.1) is 0 Å². The molecule has 0 bridgehead atoms. The summed E-state index contributed by atoms with van der Waals surface area (Å²) < 4.78 is 0.823. The maximum atomic E-state index is 11.2. The molecule has 0 atom stereocenters. The number of halogens is 2. The molecule has 1 heterocycles. The standard InChI is InChI=1S/C11H19Cl2NOS/c1-2-3-4-5-6-7-8-14-11(12,13)9-10(15)16-14/h2-9H2,1H3. The third-order valence-corrected chi connectivity index (χ3v) is 4.59. The first-order chi connectivity index (χ1) is 7.56. The van der Waals surface area contributed by atoms with Crippen LogP contribution in [0.4, 0.5) is 0 Å². The summed E-state index contributed by atoms with van der Waals surface area (Å²) in [6.07, 6.45) is 7.62. The van der Waals surface area contributed by atoms with Crippen LogP contribution >= 0.6 is 35.1 Å². The Morgan fingerprint density at radius 2 is 1.88 bits per heavy atom. The largest absolute Gasteiger partial charge is 0.286 e. The number of alkyl halides is 2. The molecule has 1 aliphatic heterocycles. The Bertz CT molecular complexity index is 236. The van der Waals surface area contributed by atoms with Crippen molar-refractivity contribution in [2.75, 3.05) is 6.54 Å². The van der Waals surface area contributed by atoms with Crippen LogP contribution in [-0.4, -0.2) is 20.4 Å². The molecule has 0 radical (unpaired) electrons. The molecule has 5 heteroatoms. The Morgan fingerprint density at radius 3 is 2.44 bits per heavy atom. The monoisotopic (exact) mass is 283 g/mol. The van der Waals surface area contributed by atoms with E-state index in [4.69, 9.17) is 23.2 Å². The molecule has 2 nitrogen and oxygen atoms in total. The predicted molar refractivity (Wildman–Crippen MR) is 71.7 cm³/mol. The van der Waals surface area contributed by atoms with Gasteiger partial charge < -0.3 is 0 Å². The maximum absolute atomic E-state index is 11.2. The van der Waals surface area contributed by atoms with Gasteiger partial charge in [0, 0.05) is 6.54 Å². The molecule has 1 fully saturated rings. The molecule has 1 aliphatic rings. The molecule has 0 spiro atoms. The Morgan fingerprint density at radius 1 is 1.25 bits per heavy atom. The highest BCUT2D eigenvalue weighted by Crippen LogP contribution is 2.43. The first-order valence-corrected chi connectivity index (χ1v) is 7.45. The van der Waals surface area contributed by atoms with E-state index in [2.05, 4.69) is 6.92 Å². The Balaban J connectivity index is 2.11. The minimum absolute atomic E-state index is 0.0657. The molecule has 0 N–H and O–H groups in total. The first kappa shape index (κ1) is 14.6. The van der Waals surface area contributed by atoms with E-state index in [0.717, 1.165) is 13.0 Å². The summed E-state index contributed by atoms with van der Waals surface area (Å²) in [5, 5.41) is 0.0657. The van der Waals surface area contributed by atoms with Gasteiger partial charge in [0.2, 0.25) is 5.12 Å². The number of rotatable bonds is 7. The van der Waals surface area contributed by atoms with Crippen LogP contribution < -0.4 is 0 Å². The molecular weight excluding hydrogens is 265 g/mol. The Kier molecular flexibility index (Phi) is 6.48. The van der Waals surface area contributed by atoms with E-state index in [1.54, 1.807) is 4.31 Å². The molecule has 94 valence electrons. The third-order valence-electron chi connectivity index (χ3n) is 2.65. The second-order valence-electron chi connectivity index (χ2n) is 4.18. The quantitative estimate of drug-likeness (QED) is 0.300. The fraction of sp³-hybridized carbons (Fsp3) is 0.909. The van der Waals surface area contributed by atoms with Gasteiger partial charge in [-0.3, -0.25) is 4.79 Å². The SMILES string of the molecule is CCCCCCCCN1SC(=O)CC1(Cl)Cl. The van der Waals surface area contributed by atoms with Gasteiger partial charge in [0.25, 0.3) is 0 Å². The molecular formula is C11H19Cl2NOS. The van der Waals surface area contributed by atoms with Gasteiger partial charge in [0.15, 0.2) is 4.46 Å². The van der Waals surface area contributed by atoms with E-state index in [-0.39, 0.29) is 11.5 Å². The van der Waals surface area contributed by atoms with Crippen molar-refractivity contribution < 1.29 is 4.79 Å². The van der Waals surface area contributed by atoms with Crippen LogP contribution in [-0.2, 0) is 4.79 Å². The van der Waals surface area contributed by atoms with Crippen molar-refractivity contribution in [2.45, 2.75) is 56.3 Å². The lowest BCUT2D eigenvalue weighted by Gasteiger charge is -2.23. The molecule has 0 amide bonds. The van der Waals surface area contributed by atoms with Crippen molar-refractivity contribution in [3.05, 3.63) is 0 Å². The molecule has 0 aromatic heterocycles. The van der Waals surface area contributed by atoms with Crippen LogP contribution in [0.5, 0.6) is 0 Å². The lowest BCUT2D eigenvalue weighted by Crippen LogP contribution is -2.29. The van der Waals surface area contributed by atoms with Gasteiger partial charge >= 0.3 is 0 Å². The van der Waals surface area contributed by atoms with Crippen molar-refractivity contribution in [3.8, 4) is 0 Å². The van der Waals surface area contributed by atoms with E-state index in [9.17, 15) is 4.79 Å². The molecule has 0 saturated carbocycles. The first-order valence-electron chi connectivity index (χ1n) is 5.92. The van der Waals surface area contributed by atoms with Gasteiger partial charge in [-0.25, -0.2) is 4.31 Å². The van der Waals surface area contributed by atoms with Gasteiger partial charge in [0.1, 0.15) is 0 Å². The van der Waals surface area contributed by atoms with E-state index >= 15 is 0 Å². The second-order valence-corrected chi connectivity index (χ2v) is 6.70. The third kappa shape index (κ3) is 4.82. The number of nitrogens with zero attached hydrogens (tertiary/aromatic N) is 1. The highest BCUT2D eigenvalue weighted by Gasteiger charge is 2.42. The van der Waals surface area contributed by atoms with Crippen LogP contribution in [0.1, 0.15) is 51.9 Å². The molecule has 0 aromatic carbocycles. The highest BCUT2D eigenvalue weighted by molar-refractivity contribution is 8.12. The number of hydrogen-bond acceptors (Lipinski definition) is 3. The zero-order chi connectivity index (χ0) is 12.0. The second kappa shape index (κ2) is 7.10. The summed E-state index contributed by atoms with van der Waals surface area (Å²) in [4.78, 5) is 11.2. The number of carbonyl (C=O) groups excluding carboxylic acids is 1. The molecule has 0 aliphatic carbocycles. The van der Waals surface area contributed by atoms with Gasteiger partial charge in [-0.2, -0.15) is 0 Å².